The third kappa shape index (κ3) is 2.59. The van der Waals surface area contributed by atoms with E-state index in [2.05, 4.69) is 31.8 Å². The van der Waals surface area contributed by atoms with Crippen LogP contribution in [-0.4, -0.2) is 19.1 Å². The van der Waals surface area contributed by atoms with Crippen molar-refractivity contribution in [2.45, 2.75) is 17.5 Å². The molecule has 1 aromatic carbocycles. The molecule has 0 fully saturated rings. The Hall–Kier alpha value is -1.37. The molecule has 102 valence electrons. The molecule has 0 atom stereocenters. The van der Waals surface area contributed by atoms with Gasteiger partial charge in [-0.3, -0.25) is 0 Å². The van der Waals surface area contributed by atoms with Gasteiger partial charge in [-0.05, 0) is 12.1 Å². The third-order valence-corrected chi connectivity index (χ3v) is 4.75. The van der Waals surface area contributed by atoms with E-state index in [9.17, 15) is 0 Å². The van der Waals surface area contributed by atoms with E-state index in [-0.39, 0.29) is 0 Å². The Bertz CT molecular complexity index is 750. The summed E-state index contributed by atoms with van der Waals surface area (Å²) in [4.78, 5) is 4.65. The smallest absolute Gasteiger partial charge is 0.169 e. The van der Waals surface area contributed by atoms with Gasteiger partial charge in [0.05, 0.1) is 11.0 Å². The molecule has 0 saturated heterocycles. The van der Waals surface area contributed by atoms with Gasteiger partial charge in [0.25, 0.3) is 0 Å². The van der Waals surface area contributed by atoms with Crippen molar-refractivity contribution < 1.29 is 0 Å². The summed E-state index contributed by atoms with van der Waals surface area (Å²) in [5.74, 6) is 0.662. The Morgan fingerprint density at radius 1 is 1.40 bits per heavy atom. The van der Waals surface area contributed by atoms with E-state index in [1.54, 1.807) is 11.8 Å². The number of allylic oxidation sites excluding steroid dienone is 1. The lowest BCUT2D eigenvalue weighted by molar-refractivity contribution is 0.748. The highest BCUT2D eigenvalue weighted by atomic mass is 35.5. The minimum atomic E-state index is 0.642. The van der Waals surface area contributed by atoms with Crippen molar-refractivity contribution in [2.24, 2.45) is 0 Å². The van der Waals surface area contributed by atoms with E-state index >= 15 is 0 Å². The summed E-state index contributed by atoms with van der Waals surface area (Å²) in [5.41, 5.74) is 2.90. The van der Waals surface area contributed by atoms with Crippen LogP contribution in [0.1, 0.15) is 5.69 Å². The van der Waals surface area contributed by atoms with Crippen molar-refractivity contribution in [3.8, 4) is 0 Å². The molecule has 0 spiro atoms. The van der Waals surface area contributed by atoms with Gasteiger partial charge in [-0.15, -0.1) is 11.7 Å². The van der Waals surface area contributed by atoms with Gasteiger partial charge in [-0.25, -0.2) is 4.98 Å². The molecule has 20 heavy (non-hydrogen) atoms. The zero-order chi connectivity index (χ0) is 13.9. The Balaban J connectivity index is 1.92. The van der Waals surface area contributed by atoms with Gasteiger partial charge in [0.2, 0.25) is 0 Å². The second-order valence-corrected chi connectivity index (χ2v) is 6.36. The van der Waals surface area contributed by atoms with E-state index in [1.165, 1.54) is 11.5 Å². The van der Waals surface area contributed by atoms with Gasteiger partial charge in [-0.2, -0.15) is 0 Å². The molecule has 3 rings (SSSR count). The van der Waals surface area contributed by atoms with Crippen molar-refractivity contribution in [3.63, 3.8) is 0 Å². The second kappa shape index (κ2) is 5.95. The van der Waals surface area contributed by atoms with Crippen molar-refractivity contribution in [3.05, 3.63) is 47.0 Å². The van der Waals surface area contributed by atoms with Crippen molar-refractivity contribution in [1.82, 2.24) is 19.1 Å². The maximum absolute atomic E-state index is 6.02. The van der Waals surface area contributed by atoms with Gasteiger partial charge in [0, 0.05) is 23.8 Å². The highest BCUT2D eigenvalue weighted by Gasteiger charge is 2.12. The highest BCUT2D eigenvalue weighted by molar-refractivity contribution is 7.98. The zero-order valence-corrected chi connectivity index (χ0v) is 12.9. The molecule has 0 bridgehead atoms. The number of aromatic nitrogens is 4. The number of halogens is 1. The van der Waals surface area contributed by atoms with Crippen molar-refractivity contribution in [1.29, 1.82) is 0 Å². The molecule has 0 N–H and O–H groups in total. The predicted octanol–water partition coefficient (Wildman–Crippen LogP) is 4.02. The van der Waals surface area contributed by atoms with Crippen LogP contribution in [0.4, 0.5) is 0 Å². The van der Waals surface area contributed by atoms with E-state index in [0.717, 1.165) is 28.4 Å². The molecule has 0 unspecified atom stereocenters. The summed E-state index contributed by atoms with van der Waals surface area (Å²) < 4.78 is 6.62. The molecule has 4 nitrogen and oxygen atoms in total. The Labute approximate surface area is 129 Å². The van der Waals surface area contributed by atoms with Crippen LogP contribution in [0.15, 0.2) is 42.1 Å². The van der Waals surface area contributed by atoms with E-state index < -0.39 is 0 Å². The lowest BCUT2D eigenvalue weighted by Gasteiger charge is -2.04. The standard InChI is InChI=1S/C13H11ClN4S2/c1-2-7-18-11-6-4-3-5-9(11)15-13(18)19-8-10-12(14)20-17-16-10/h2-6H,1,7-8H2. The van der Waals surface area contributed by atoms with Crippen LogP contribution < -0.4 is 0 Å². The fourth-order valence-electron chi connectivity index (χ4n) is 1.89. The predicted molar refractivity (Wildman–Crippen MR) is 84.4 cm³/mol. The molecule has 2 aromatic heterocycles. The van der Waals surface area contributed by atoms with Crippen molar-refractivity contribution >= 4 is 45.9 Å². The number of nitrogens with zero attached hydrogens (tertiary/aromatic N) is 4. The van der Waals surface area contributed by atoms with Crippen LogP contribution in [0, 0.1) is 0 Å². The first-order valence-electron chi connectivity index (χ1n) is 5.95. The Morgan fingerprint density at radius 3 is 3.00 bits per heavy atom. The largest absolute Gasteiger partial charge is 0.315 e. The summed E-state index contributed by atoms with van der Waals surface area (Å²) in [6, 6.07) is 8.08. The molecule has 0 amide bonds. The first-order chi connectivity index (χ1) is 9.79. The molecule has 0 radical (unpaired) electrons. The summed E-state index contributed by atoms with van der Waals surface area (Å²) in [6.45, 7) is 4.54. The average Bonchev–Trinajstić information content (AvgIpc) is 3.02. The first-order valence-corrected chi connectivity index (χ1v) is 8.09. The number of fused-ring (bicyclic) bond motifs is 1. The normalized spacial score (nSPS) is 11.1. The minimum Gasteiger partial charge on any atom is -0.315 e. The van der Waals surface area contributed by atoms with Gasteiger partial charge in [0.1, 0.15) is 10.0 Å². The molecule has 3 aromatic rings. The van der Waals surface area contributed by atoms with Crippen LogP contribution in [0.3, 0.4) is 0 Å². The van der Waals surface area contributed by atoms with Gasteiger partial charge in [0.15, 0.2) is 5.16 Å². The van der Waals surface area contributed by atoms with E-state index in [1.807, 2.05) is 24.3 Å². The highest BCUT2D eigenvalue weighted by Crippen LogP contribution is 2.29. The number of para-hydroxylation sites is 2. The summed E-state index contributed by atoms with van der Waals surface area (Å²) in [5, 5.41) is 4.96. The van der Waals surface area contributed by atoms with Gasteiger partial charge < -0.3 is 4.57 Å². The zero-order valence-electron chi connectivity index (χ0n) is 10.5. The summed E-state index contributed by atoms with van der Waals surface area (Å²) >= 11 is 8.84. The van der Waals surface area contributed by atoms with Crippen molar-refractivity contribution in [2.75, 3.05) is 0 Å². The first kappa shape index (κ1) is 13.6. The molecular weight excluding hydrogens is 312 g/mol. The number of imidazole rings is 1. The lowest BCUT2D eigenvalue weighted by Crippen LogP contribution is -1.97. The monoisotopic (exact) mass is 322 g/mol. The van der Waals surface area contributed by atoms with Gasteiger partial charge >= 0.3 is 0 Å². The van der Waals surface area contributed by atoms with E-state index in [0.29, 0.717) is 10.1 Å². The summed E-state index contributed by atoms with van der Waals surface area (Å²) in [6.07, 6.45) is 1.87. The number of hydrogen-bond acceptors (Lipinski definition) is 5. The fourth-order valence-corrected chi connectivity index (χ4v) is 3.64. The maximum atomic E-state index is 6.02. The fraction of sp³-hybridized carbons (Fsp3) is 0.154. The SMILES string of the molecule is C=CCn1c(SCc2nnsc2Cl)nc2ccccc21. The van der Waals surface area contributed by atoms with Crippen LogP contribution in [0.2, 0.25) is 4.34 Å². The van der Waals surface area contributed by atoms with E-state index in [4.69, 9.17) is 11.6 Å². The van der Waals surface area contributed by atoms with Gasteiger partial charge in [-0.1, -0.05) is 46.1 Å². The van der Waals surface area contributed by atoms with Crippen LogP contribution in [0.25, 0.3) is 11.0 Å². The molecular formula is C13H11ClN4S2. The third-order valence-electron chi connectivity index (χ3n) is 2.78. The topological polar surface area (TPSA) is 43.6 Å². The molecule has 2 heterocycles. The molecule has 7 heteroatoms. The molecule has 0 saturated carbocycles. The molecule has 0 aliphatic heterocycles. The number of benzene rings is 1. The Kier molecular flexibility index (Phi) is 4.05. The van der Waals surface area contributed by atoms with Crippen LogP contribution in [-0.2, 0) is 12.3 Å². The average molecular weight is 323 g/mol. The quantitative estimate of drug-likeness (QED) is 0.525. The molecule has 0 aliphatic rings. The Morgan fingerprint density at radius 2 is 2.25 bits per heavy atom. The minimum absolute atomic E-state index is 0.642. The number of thioether (sulfide) groups is 1. The lowest BCUT2D eigenvalue weighted by atomic mass is 10.3. The van der Waals surface area contributed by atoms with Crippen LogP contribution in [0.5, 0.6) is 0 Å². The summed E-state index contributed by atoms with van der Waals surface area (Å²) in [7, 11) is 0. The van der Waals surface area contributed by atoms with Crippen LogP contribution >= 0.6 is 34.9 Å². The number of hydrogen-bond donors (Lipinski definition) is 0. The maximum Gasteiger partial charge on any atom is 0.169 e. The number of rotatable bonds is 5. The molecule has 0 aliphatic carbocycles. The second-order valence-electron chi connectivity index (χ2n) is 4.06.